The summed E-state index contributed by atoms with van der Waals surface area (Å²) < 4.78 is 5.71. The fourth-order valence-corrected chi connectivity index (χ4v) is 2.18. The molecule has 19 heavy (non-hydrogen) atoms. The van der Waals surface area contributed by atoms with E-state index < -0.39 is 0 Å². The van der Waals surface area contributed by atoms with Gasteiger partial charge in [-0.3, -0.25) is 0 Å². The number of amidine groups is 1. The third-order valence-electron chi connectivity index (χ3n) is 3.25. The Morgan fingerprint density at radius 3 is 3.11 bits per heavy atom. The van der Waals surface area contributed by atoms with Crippen LogP contribution in [0.3, 0.4) is 0 Å². The summed E-state index contributed by atoms with van der Waals surface area (Å²) in [5.74, 6) is 0.808. The monoisotopic (exact) mass is 264 g/mol. The Hall–Kier alpha value is -1.82. The van der Waals surface area contributed by atoms with Gasteiger partial charge in [0.2, 0.25) is 0 Å². The van der Waals surface area contributed by atoms with Crippen LogP contribution in [0.5, 0.6) is 0 Å². The van der Waals surface area contributed by atoms with Gasteiger partial charge in [-0.1, -0.05) is 11.2 Å². The number of rotatable bonds is 4. The zero-order valence-electron chi connectivity index (χ0n) is 11.1. The molecule has 6 nitrogen and oxygen atoms in total. The molecule has 1 aromatic heterocycles. The molecule has 0 saturated carbocycles. The molecule has 1 atom stereocenters. The summed E-state index contributed by atoms with van der Waals surface area (Å²) in [4.78, 5) is 6.40. The SMILES string of the molecule is CN(CC1CCCCO1)c1cccc(C(N)=NO)n1. The topological polar surface area (TPSA) is 84.0 Å². The van der Waals surface area contributed by atoms with Crippen molar-refractivity contribution in [3.8, 4) is 0 Å². The number of pyridine rings is 1. The Morgan fingerprint density at radius 2 is 2.42 bits per heavy atom. The number of hydrogen-bond donors (Lipinski definition) is 2. The van der Waals surface area contributed by atoms with E-state index in [9.17, 15) is 0 Å². The summed E-state index contributed by atoms with van der Waals surface area (Å²) in [6.07, 6.45) is 3.71. The molecule has 1 saturated heterocycles. The molecule has 104 valence electrons. The van der Waals surface area contributed by atoms with Crippen LogP contribution in [0.15, 0.2) is 23.4 Å². The van der Waals surface area contributed by atoms with Gasteiger partial charge in [-0.15, -0.1) is 0 Å². The molecule has 2 heterocycles. The molecule has 6 heteroatoms. The molecule has 0 bridgehead atoms. The van der Waals surface area contributed by atoms with Crippen LogP contribution in [-0.4, -0.2) is 42.3 Å². The molecular weight excluding hydrogens is 244 g/mol. The minimum Gasteiger partial charge on any atom is -0.409 e. The smallest absolute Gasteiger partial charge is 0.188 e. The van der Waals surface area contributed by atoms with E-state index in [2.05, 4.69) is 10.1 Å². The van der Waals surface area contributed by atoms with Crippen molar-refractivity contribution in [2.75, 3.05) is 25.1 Å². The van der Waals surface area contributed by atoms with E-state index in [1.807, 2.05) is 24.1 Å². The Balaban J connectivity index is 2.03. The summed E-state index contributed by atoms with van der Waals surface area (Å²) in [5, 5.41) is 11.6. The highest BCUT2D eigenvalue weighted by Crippen LogP contribution is 2.16. The first-order valence-corrected chi connectivity index (χ1v) is 6.48. The summed E-state index contributed by atoms with van der Waals surface area (Å²) >= 11 is 0. The molecule has 0 radical (unpaired) electrons. The number of oxime groups is 1. The normalized spacial score (nSPS) is 20.3. The Bertz CT molecular complexity index is 444. The third-order valence-corrected chi connectivity index (χ3v) is 3.25. The molecule has 3 N–H and O–H groups in total. The fourth-order valence-electron chi connectivity index (χ4n) is 2.18. The lowest BCUT2D eigenvalue weighted by molar-refractivity contribution is 0.0215. The van der Waals surface area contributed by atoms with Crippen molar-refractivity contribution in [2.24, 2.45) is 10.9 Å². The molecule has 0 aliphatic carbocycles. The molecule has 1 unspecified atom stereocenters. The van der Waals surface area contributed by atoms with E-state index >= 15 is 0 Å². The number of ether oxygens (including phenoxy) is 1. The molecule has 0 aromatic carbocycles. The second-order valence-corrected chi connectivity index (χ2v) is 4.74. The van der Waals surface area contributed by atoms with Crippen molar-refractivity contribution < 1.29 is 9.94 Å². The lowest BCUT2D eigenvalue weighted by Gasteiger charge is -2.28. The van der Waals surface area contributed by atoms with Crippen LogP contribution in [0, 0.1) is 0 Å². The van der Waals surface area contributed by atoms with Gasteiger partial charge < -0.3 is 20.6 Å². The lowest BCUT2D eigenvalue weighted by atomic mass is 10.1. The van der Waals surface area contributed by atoms with Crippen LogP contribution in [-0.2, 0) is 4.74 Å². The molecule has 0 amide bonds. The van der Waals surface area contributed by atoms with Gasteiger partial charge in [-0.2, -0.15) is 0 Å². The lowest BCUT2D eigenvalue weighted by Crippen LogP contribution is -2.34. The highest BCUT2D eigenvalue weighted by atomic mass is 16.5. The Labute approximate surface area is 112 Å². The molecule has 0 spiro atoms. The highest BCUT2D eigenvalue weighted by molar-refractivity contribution is 5.95. The van der Waals surface area contributed by atoms with Gasteiger partial charge in [0, 0.05) is 20.2 Å². The summed E-state index contributed by atoms with van der Waals surface area (Å²) in [5.41, 5.74) is 6.01. The zero-order valence-corrected chi connectivity index (χ0v) is 11.1. The first kappa shape index (κ1) is 13.6. The number of hydrogen-bond acceptors (Lipinski definition) is 5. The second-order valence-electron chi connectivity index (χ2n) is 4.74. The summed E-state index contributed by atoms with van der Waals surface area (Å²) in [7, 11) is 1.97. The van der Waals surface area contributed by atoms with Gasteiger partial charge in [-0.25, -0.2) is 4.98 Å². The Kier molecular flexibility index (Phi) is 4.57. The molecule has 2 rings (SSSR count). The van der Waals surface area contributed by atoms with Crippen molar-refractivity contribution in [3.63, 3.8) is 0 Å². The average molecular weight is 264 g/mol. The number of nitrogens with two attached hydrogens (primary N) is 1. The number of aromatic nitrogens is 1. The van der Waals surface area contributed by atoms with Crippen molar-refractivity contribution in [1.82, 2.24) is 4.98 Å². The van der Waals surface area contributed by atoms with Crippen LogP contribution < -0.4 is 10.6 Å². The second kappa shape index (κ2) is 6.38. The van der Waals surface area contributed by atoms with E-state index in [0.717, 1.165) is 31.8 Å². The van der Waals surface area contributed by atoms with Crippen molar-refractivity contribution in [3.05, 3.63) is 23.9 Å². The van der Waals surface area contributed by atoms with Gasteiger partial charge in [0.1, 0.15) is 11.5 Å². The van der Waals surface area contributed by atoms with Crippen LogP contribution in [0.2, 0.25) is 0 Å². The van der Waals surface area contributed by atoms with Crippen LogP contribution in [0.1, 0.15) is 25.0 Å². The molecular formula is C13H20N4O2. The number of likely N-dealkylation sites (N-methyl/N-ethyl adjacent to an activating group) is 1. The van der Waals surface area contributed by atoms with E-state index in [4.69, 9.17) is 15.7 Å². The standard InChI is InChI=1S/C13H20N4O2/c1-17(9-10-5-2-3-8-19-10)12-7-4-6-11(15-12)13(14)16-18/h4,6-7,10,18H,2-3,5,8-9H2,1H3,(H2,14,16). The van der Waals surface area contributed by atoms with E-state index in [1.54, 1.807) is 6.07 Å². The minimum absolute atomic E-state index is 0.0177. The highest BCUT2D eigenvalue weighted by Gasteiger charge is 2.17. The van der Waals surface area contributed by atoms with Crippen molar-refractivity contribution in [1.29, 1.82) is 0 Å². The average Bonchev–Trinajstić information content (AvgIpc) is 2.47. The van der Waals surface area contributed by atoms with Gasteiger partial charge in [-0.05, 0) is 31.4 Å². The largest absolute Gasteiger partial charge is 0.409 e. The first-order valence-electron chi connectivity index (χ1n) is 6.48. The van der Waals surface area contributed by atoms with E-state index in [0.29, 0.717) is 5.69 Å². The molecule has 1 aliphatic rings. The minimum atomic E-state index is 0.0177. The van der Waals surface area contributed by atoms with Crippen LogP contribution >= 0.6 is 0 Å². The molecule has 1 fully saturated rings. The molecule has 1 aliphatic heterocycles. The van der Waals surface area contributed by atoms with Gasteiger partial charge in [0.05, 0.1) is 6.10 Å². The third kappa shape index (κ3) is 3.57. The van der Waals surface area contributed by atoms with Gasteiger partial charge in [0.15, 0.2) is 5.84 Å². The maximum absolute atomic E-state index is 8.67. The Morgan fingerprint density at radius 1 is 1.58 bits per heavy atom. The van der Waals surface area contributed by atoms with Crippen molar-refractivity contribution >= 4 is 11.7 Å². The zero-order chi connectivity index (χ0) is 13.7. The predicted molar refractivity (Wildman–Crippen MR) is 73.6 cm³/mol. The summed E-state index contributed by atoms with van der Waals surface area (Å²) in [6, 6.07) is 5.45. The predicted octanol–water partition coefficient (Wildman–Crippen LogP) is 1.18. The molecule has 1 aromatic rings. The number of anilines is 1. The summed E-state index contributed by atoms with van der Waals surface area (Å²) in [6.45, 7) is 1.64. The van der Waals surface area contributed by atoms with Gasteiger partial charge >= 0.3 is 0 Å². The van der Waals surface area contributed by atoms with E-state index in [1.165, 1.54) is 6.42 Å². The fraction of sp³-hybridized carbons (Fsp3) is 0.538. The maximum Gasteiger partial charge on any atom is 0.188 e. The van der Waals surface area contributed by atoms with Crippen LogP contribution in [0.4, 0.5) is 5.82 Å². The maximum atomic E-state index is 8.67. The number of nitrogens with zero attached hydrogens (tertiary/aromatic N) is 3. The van der Waals surface area contributed by atoms with E-state index in [-0.39, 0.29) is 11.9 Å². The van der Waals surface area contributed by atoms with Gasteiger partial charge in [0.25, 0.3) is 0 Å². The quantitative estimate of drug-likeness (QED) is 0.369. The van der Waals surface area contributed by atoms with Crippen molar-refractivity contribution in [2.45, 2.75) is 25.4 Å². The van der Waals surface area contributed by atoms with Crippen LogP contribution in [0.25, 0.3) is 0 Å². The first-order chi connectivity index (χ1) is 9.20.